The average molecular weight is 300 g/mol. The highest BCUT2D eigenvalue weighted by atomic mass is 127. The van der Waals surface area contributed by atoms with E-state index < -0.39 is 0 Å². The van der Waals surface area contributed by atoms with Crippen molar-refractivity contribution < 1.29 is 4.74 Å². The summed E-state index contributed by atoms with van der Waals surface area (Å²) in [6, 6.07) is 8.36. The van der Waals surface area contributed by atoms with Gasteiger partial charge in [0.25, 0.3) is 0 Å². The van der Waals surface area contributed by atoms with Gasteiger partial charge in [-0.2, -0.15) is 0 Å². The van der Waals surface area contributed by atoms with Gasteiger partial charge in [0, 0.05) is 0 Å². The van der Waals surface area contributed by atoms with Crippen LogP contribution in [-0.4, -0.2) is 22.6 Å². The Morgan fingerprint density at radius 2 is 2.08 bits per heavy atom. The Morgan fingerprint density at radius 1 is 1.38 bits per heavy atom. The Hall–Kier alpha value is 0.516. The zero-order valence-corrected chi connectivity index (χ0v) is 11.7. The molecule has 1 aromatic rings. The van der Waals surface area contributed by atoms with Gasteiger partial charge in [-0.3, -0.25) is 0 Å². The zero-order valence-electron chi connectivity index (χ0n) is 8.09. The summed E-state index contributed by atoms with van der Waals surface area (Å²) in [6.45, 7) is 4.14. The van der Waals surface area contributed by atoms with Crippen LogP contribution in [0.4, 0.5) is 0 Å². The van der Waals surface area contributed by atoms with Crippen LogP contribution in [0.15, 0.2) is 24.3 Å². The van der Waals surface area contributed by atoms with Crippen molar-refractivity contribution in [2.24, 2.45) is 0 Å². The minimum Gasteiger partial charge on any atom is -0.491 e. The van der Waals surface area contributed by atoms with Gasteiger partial charge in [0.2, 0.25) is 0 Å². The minimum atomic E-state index is 0.0504. The third-order valence-electron chi connectivity index (χ3n) is 1.70. The summed E-state index contributed by atoms with van der Waals surface area (Å²) in [6.07, 6.45) is 0.275. The first-order valence-corrected chi connectivity index (χ1v) is 10.7. The van der Waals surface area contributed by atoms with Crippen LogP contribution in [0.3, 0.4) is 0 Å². The van der Waals surface area contributed by atoms with Gasteiger partial charge in [0.1, 0.15) is 5.75 Å². The monoisotopic (exact) mass is 300 g/mol. The molecule has 0 bridgehead atoms. The van der Waals surface area contributed by atoms with Crippen LogP contribution in [0, 0.1) is 0 Å². The van der Waals surface area contributed by atoms with Gasteiger partial charge in [0.15, 0.2) is 0 Å². The smallest absolute Gasteiger partial charge is 0.468 e. The second kappa shape index (κ2) is 6.09. The lowest BCUT2D eigenvalue weighted by Gasteiger charge is -2.13. The second-order valence-electron chi connectivity index (χ2n) is 3.21. The fourth-order valence-corrected chi connectivity index (χ4v) is 3.54. The van der Waals surface area contributed by atoms with Gasteiger partial charge in [-0.1, -0.05) is 18.2 Å². The van der Waals surface area contributed by atoms with Crippen molar-refractivity contribution in [2.75, 3.05) is 0 Å². The van der Waals surface area contributed by atoms with Gasteiger partial charge in [-0.15, -0.1) is 4.55 Å². The van der Waals surface area contributed by atoms with Crippen LogP contribution in [0.25, 0.3) is 0 Å². The molecule has 0 saturated carbocycles. The van der Waals surface area contributed by atoms with Crippen molar-refractivity contribution in [3.8, 4) is 5.75 Å². The first-order chi connectivity index (χ1) is 6.24. The van der Waals surface area contributed by atoms with E-state index in [4.69, 9.17) is 4.74 Å². The predicted molar refractivity (Wildman–Crippen MR) is 65.7 cm³/mol. The highest BCUT2D eigenvalue weighted by molar-refractivity contribution is 14.1. The lowest BCUT2D eigenvalue weighted by Crippen LogP contribution is -2.07. The standard InChI is InChI=1S/C10H13O.HI.Mg/c1-8(2)11-10-7-5-4-6-9(10)3;;/h4-8H,3H2,1-2H3;1H;/q;;+1/p-1. The van der Waals surface area contributed by atoms with Crippen molar-refractivity contribution in [3.05, 3.63) is 29.8 Å². The van der Waals surface area contributed by atoms with E-state index in [0.717, 1.165) is 5.75 Å². The largest absolute Gasteiger partial charge is 0.491 e. The molecule has 0 radical (unpaired) electrons. The molecule has 1 nitrogen and oxygen atoms in total. The molecule has 0 atom stereocenters. The first-order valence-electron chi connectivity index (χ1n) is 4.54. The molecule has 1 rings (SSSR count). The summed E-state index contributed by atoms with van der Waals surface area (Å²) < 4.78 is 6.94. The van der Waals surface area contributed by atoms with Crippen LogP contribution in [0.1, 0.15) is 19.4 Å². The molecule has 0 unspecified atom stereocenters. The number of ether oxygens (including phenoxy) is 1. The molecule has 0 aromatic heterocycles. The van der Waals surface area contributed by atoms with Crippen LogP contribution in [0.5, 0.6) is 5.75 Å². The zero-order chi connectivity index (χ0) is 9.68. The van der Waals surface area contributed by atoms with E-state index in [0.29, 0.717) is 0 Å². The van der Waals surface area contributed by atoms with E-state index >= 15 is 0 Å². The van der Waals surface area contributed by atoms with Gasteiger partial charge in [0.05, 0.1) is 6.10 Å². The van der Waals surface area contributed by atoms with E-state index in [9.17, 15) is 0 Å². The second-order valence-corrected chi connectivity index (χ2v) is 7.33. The Balaban J connectivity index is 2.78. The molecule has 0 fully saturated rings. The molecule has 0 aliphatic carbocycles. The predicted octanol–water partition coefficient (Wildman–Crippen LogP) is 3.03. The molecule has 68 valence electrons. The quantitative estimate of drug-likeness (QED) is 0.613. The van der Waals surface area contributed by atoms with Gasteiger partial charge in [-0.25, -0.2) is 0 Å². The van der Waals surface area contributed by atoms with Gasteiger partial charge >= 0.3 is 16.5 Å². The Morgan fingerprint density at radius 3 is 2.69 bits per heavy atom. The normalized spacial score (nSPS) is 9.85. The maximum atomic E-state index is 5.72. The van der Waals surface area contributed by atoms with E-state index in [2.05, 4.69) is 50.9 Å². The number of hydrogen-bond donors (Lipinski definition) is 0. The Bertz CT molecular complexity index is 263. The molecular weight excluding hydrogens is 287 g/mol. The number of rotatable bonds is 4. The summed E-state index contributed by atoms with van der Waals surface area (Å²) in [4.78, 5) is 0. The maximum Gasteiger partial charge on any atom is 0.468 e. The van der Waals surface area contributed by atoms with Crippen molar-refractivity contribution >= 4 is 35.3 Å². The Labute approximate surface area is 99.3 Å². The lowest BCUT2D eigenvalue weighted by atomic mass is 10.2. The topological polar surface area (TPSA) is 9.23 Å². The third-order valence-corrected chi connectivity index (χ3v) is 4.04. The number of hydrogen-bond acceptors (Lipinski definition) is 1. The molecule has 0 aliphatic rings. The molecule has 3 heteroatoms. The average Bonchev–Trinajstić information content (AvgIpc) is 2.08. The molecule has 13 heavy (non-hydrogen) atoms. The summed E-state index contributed by atoms with van der Waals surface area (Å²) >= 11 is 2.58. The van der Waals surface area contributed by atoms with E-state index in [1.54, 1.807) is 0 Å². The molecule has 0 spiro atoms. The number of para-hydroxylation sites is 1. The van der Waals surface area contributed by atoms with Crippen LogP contribution >= 0.6 is 18.9 Å². The summed E-state index contributed by atoms with van der Waals surface area (Å²) in [5.74, 6) is 1.07. The molecule has 0 saturated heterocycles. The SMILES string of the molecule is CC(C)Oc1ccccc1[CH2][Mg][I]. The fraction of sp³-hybridized carbons (Fsp3) is 0.400. The molecule has 0 heterocycles. The van der Waals surface area contributed by atoms with Crippen molar-refractivity contribution in [1.82, 2.24) is 0 Å². The van der Waals surface area contributed by atoms with Crippen LogP contribution < -0.4 is 4.74 Å². The Kier molecular flexibility index (Phi) is 5.43. The molecule has 0 aliphatic heterocycles. The summed E-state index contributed by atoms with van der Waals surface area (Å²) in [7, 11) is 0. The third kappa shape index (κ3) is 4.04. The van der Waals surface area contributed by atoms with E-state index in [-0.39, 0.29) is 22.6 Å². The molecule has 0 amide bonds. The minimum absolute atomic E-state index is 0.0504. The first kappa shape index (κ1) is 11.6. The van der Waals surface area contributed by atoms with Crippen molar-refractivity contribution in [2.45, 2.75) is 24.5 Å². The van der Waals surface area contributed by atoms with Crippen molar-refractivity contribution in [3.63, 3.8) is 0 Å². The molecule has 1 aromatic carbocycles. The van der Waals surface area contributed by atoms with Crippen LogP contribution in [-0.2, 0) is 4.55 Å². The summed E-state index contributed by atoms with van der Waals surface area (Å²) in [5.41, 5.74) is 1.37. The fourth-order valence-electron chi connectivity index (χ4n) is 1.18. The summed E-state index contributed by atoms with van der Waals surface area (Å²) in [5, 5.41) is 0. The number of halogens is 1. The van der Waals surface area contributed by atoms with Crippen molar-refractivity contribution in [1.29, 1.82) is 0 Å². The number of benzene rings is 1. The molecular formula is C10H13IMgO. The van der Waals surface area contributed by atoms with Gasteiger partial charge in [-0.05, 0) is 25.5 Å². The highest BCUT2D eigenvalue weighted by Gasteiger charge is 2.04. The maximum absolute atomic E-state index is 5.72. The van der Waals surface area contributed by atoms with E-state index in [1.807, 2.05) is 6.07 Å². The molecule has 0 N–H and O–H groups in total. The van der Waals surface area contributed by atoms with E-state index in [1.165, 1.54) is 10.1 Å². The van der Waals surface area contributed by atoms with Gasteiger partial charge < -0.3 is 23.6 Å². The highest BCUT2D eigenvalue weighted by Crippen LogP contribution is 2.19. The lowest BCUT2D eigenvalue weighted by molar-refractivity contribution is 0.240. The van der Waals surface area contributed by atoms with Crippen LogP contribution in [0.2, 0.25) is 0 Å².